The fourth-order valence-corrected chi connectivity index (χ4v) is 7.28. The van der Waals surface area contributed by atoms with Gasteiger partial charge in [-0.05, 0) is 74.0 Å². The second kappa shape index (κ2) is 9.40. The molecule has 0 unspecified atom stereocenters. The number of benzene rings is 3. The van der Waals surface area contributed by atoms with Crippen molar-refractivity contribution >= 4 is 39.8 Å². The summed E-state index contributed by atoms with van der Waals surface area (Å²) in [5.41, 5.74) is 7.90. The van der Waals surface area contributed by atoms with Crippen molar-refractivity contribution in [1.29, 1.82) is 0 Å². The van der Waals surface area contributed by atoms with Gasteiger partial charge in [-0.2, -0.15) is 0 Å². The van der Waals surface area contributed by atoms with Crippen LogP contribution in [0.5, 0.6) is 5.75 Å². The Bertz CT molecular complexity index is 2090. The number of halogens is 2. The minimum absolute atomic E-state index is 0.114. The highest BCUT2D eigenvalue weighted by atomic mass is 32.1. The Morgan fingerprint density at radius 3 is 2.40 bits per heavy atom. The maximum absolute atomic E-state index is 16.4. The van der Waals surface area contributed by atoms with Crippen molar-refractivity contribution in [3.8, 4) is 28.2 Å². The molecule has 2 aromatic heterocycles. The monoisotopic (exact) mass is 573 g/mol. The van der Waals surface area contributed by atoms with E-state index in [2.05, 4.69) is 16.8 Å². The molecule has 0 atom stereocenters. The molecule has 0 spiro atoms. The topological polar surface area (TPSA) is 41.1 Å². The minimum Gasteiger partial charge on any atom is -0.507 e. The Morgan fingerprint density at radius 2 is 1.64 bits per heavy atom. The molecular weight excluding hydrogens is 547 g/mol. The molecule has 8 heteroatoms. The molecule has 1 N–H and O–H groups in total. The van der Waals surface area contributed by atoms with Crippen LogP contribution in [0, 0.1) is 25.7 Å². The van der Waals surface area contributed by atoms with Gasteiger partial charge in [-0.25, -0.2) is 4.98 Å². The number of aromatic hydroxyl groups is 1. The van der Waals surface area contributed by atoms with E-state index in [1.807, 2.05) is 74.5 Å². The summed E-state index contributed by atoms with van der Waals surface area (Å²) in [6.45, 7) is 3.08. The van der Waals surface area contributed by atoms with Gasteiger partial charge in [0.05, 0.1) is 26.9 Å². The number of phenols is 1. The number of hydrogen-bond donors (Lipinski definition) is 1. The summed E-state index contributed by atoms with van der Waals surface area (Å²) in [4.78, 5) is 4.68. The third-order valence-corrected chi connectivity index (χ3v) is 9.19. The van der Waals surface area contributed by atoms with E-state index >= 15 is 8.63 Å². The average Bonchev–Trinajstić information content (AvgIpc) is 3.61. The zero-order valence-electron chi connectivity index (χ0n) is 23.5. The first kappa shape index (κ1) is 26.2. The number of rotatable bonds is 2. The zero-order valence-corrected chi connectivity index (χ0v) is 24.4. The first-order chi connectivity index (χ1) is 20.2. The second-order valence-electron chi connectivity index (χ2n) is 10.8. The zero-order chi connectivity index (χ0) is 29.3. The molecule has 0 fully saturated rings. The first-order valence-corrected chi connectivity index (χ1v) is 14.5. The van der Waals surface area contributed by atoms with E-state index in [1.165, 1.54) is 20.3 Å². The molecular formula is C34H26BF2N3OS. The lowest BCUT2D eigenvalue weighted by Crippen LogP contribution is -2.51. The van der Waals surface area contributed by atoms with Crippen LogP contribution in [0.3, 0.4) is 0 Å². The number of thiazole rings is 1. The Balaban J connectivity index is 1.40. The number of phenolic OH excluding ortho intramolecular Hbond substituents is 1. The predicted octanol–water partition coefficient (Wildman–Crippen LogP) is 7.94. The normalized spacial score (nSPS) is 15.7. The predicted molar refractivity (Wildman–Crippen MR) is 167 cm³/mol. The summed E-state index contributed by atoms with van der Waals surface area (Å²) in [5, 5.41) is 11.3. The van der Waals surface area contributed by atoms with Crippen LogP contribution in [0.1, 0.15) is 41.9 Å². The average molecular weight is 573 g/mol. The van der Waals surface area contributed by atoms with Gasteiger partial charge in [0.25, 0.3) is 0 Å². The first-order valence-electron chi connectivity index (χ1n) is 13.7. The smallest absolute Gasteiger partial charge is 0.507 e. The van der Waals surface area contributed by atoms with Gasteiger partial charge in [-0.15, -0.1) is 11.3 Å². The molecule has 4 heterocycles. The standard InChI is InChI=1S/C34H26BF2N3OS/c1-20-18-21(2)39-32(20)31(25-10-6-5-7-11-25)33-22(3)26(23(4)40(33)35(39,36)37)16-14-24-15-17-29(41)27(19-24)34-38-28-12-8-9-13-30(28)42-34/h5-13,15,17-19,41H,1-4H3. The molecule has 0 saturated heterocycles. The lowest BCUT2D eigenvalue weighted by molar-refractivity contribution is -0.363. The van der Waals surface area contributed by atoms with Crippen LogP contribution >= 0.6 is 11.3 Å². The van der Waals surface area contributed by atoms with Crippen LogP contribution in [0.15, 0.2) is 95.7 Å². The van der Waals surface area contributed by atoms with Crippen molar-refractivity contribution in [3.63, 3.8) is 0 Å². The molecule has 42 heavy (non-hydrogen) atoms. The van der Waals surface area contributed by atoms with Crippen molar-refractivity contribution in [3.05, 3.63) is 124 Å². The van der Waals surface area contributed by atoms with Gasteiger partial charge in [0.1, 0.15) is 16.5 Å². The maximum atomic E-state index is 16.4. The van der Waals surface area contributed by atoms with Gasteiger partial charge < -0.3 is 22.7 Å². The molecule has 0 aliphatic carbocycles. The quantitative estimate of drug-likeness (QED) is 0.172. The fraction of sp³-hybridized carbons (Fsp3) is 0.118. The van der Waals surface area contributed by atoms with Crippen LogP contribution in [0.2, 0.25) is 0 Å². The molecule has 0 radical (unpaired) electrons. The van der Waals surface area contributed by atoms with Crippen LogP contribution in [0.25, 0.3) is 26.4 Å². The lowest BCUT2D eigenvalue weighted by atomic mass is 9.84. The molecule has 7 rings (SSSR count). The molecule has 0 bridgehead atoms. The van der Waals surface area contributed by atoms with Gasteiger partial charge in [-0.1, -0.05) is 54.3 Å². The number of aromatic nitrogens is 2. The van der Waals surface area contributed by atoms with E-state index in [-0.39, 0.29) is 5.75 Å². The van der Waals surface area contributed by atoms with Gasteiger partial charge in [0.2, 0.25) is 0 Å². The molecule has 0 amide bonds. The Kier molecular flexibility index (Phi) is 5.86. The highest BCUT2D eigenvalue weighted by Crippen LogP contribution is 2.45. The van der Waals surface area contributed by atoms with Crippen LogP contribution < -0.4 is 0 Å². The van der Waals surface area contributed by atoms with Gasteiger partial charge in [0, 0.05) is 23.8 Å². The lowest BCUT2D eigenvalue weighted by Gasteiger charge is -2.34. The van der Waals surface area contributed by atoms with Crippen molar-refractivity contribution in [2.75, 3.05) is 0 Å². The Hall–Kier alpha value is -4.74. The van der Waals surface area contributed by atoms with Crippen molar-refractivity contribution < 1.29 is 18.2 Å². The van der Waals surface area contributed by atoms with Crippen molar-refractivity contribution in [2.24, 2.45) is 0 Å². The summed E-state index contributed by atoms with van der Waals surface area (Å²) >= 11 is 1.50. The number of aryl methyl sites for hydroxylation is 2. The van der Waals surface area contributed by atoms with E-state index in [4.69, 9.17) is 0 Å². The fourth-order valence-electron chi connectivity index (χ4n) is 6.29. The number of hydrogen-bond acceptors (Lipinski definition) is 3. The van der Waals surface area contributed by atoms with Gasteiger partial charge in [-0.3, -0.25) is 0 Å². The van der Waals surface area contributed by atoms with E-state index < -0.39 is 6.97 Å². The highest BCUT2D eigenvalue weighted by molar-refractivity contribution is 7.21. The van der Waals surface area contributed by atoms with E-state index in [0.29, 0.717) is 44.5 Å². The summed E-state index contributed by atoms with van der Waals surface area (Å²) in [6, 6.07) is 24.5. The molecule has 3 aromatic carbocycles. The van der Waals surface area contributed by atoms with Crippen LogP contribution in [-0.2, 0) is 0 Å². The third kappa shape index (κ3) is 3.81. The minimum atomic E-state index is -4.15. The van der Waals surface area contributed by atoms with Crippen LogP contribution in [-0.4, -0.2) is 31.7 Å². The van der Waals surface area contributed by atoms with Crippen molar-refractivity contribution in [2.45, 2.75) is 27.7 Å². The number of fused-ring (bicyclic) bond motifs is 3. The molecule has 4 nitrogen and oxygen atoms in total. The Labute approximate surface area is 246 Å². The van der Waals surface area contributed by atoms with E-state index in [0.717, 1.165) is 32.5 Å². The van der Waals surface area contributed by atoms with Gasteiger partial charge in [0.15, 0.2) is 5.70 Å². The summed E-state index contributed by atoms with van der Waals surface area (Å²) < 4.78 is 36.3. The second-order valence-corrected chi connectivity index (χ2v) is 11.8. The van der Waals surface area contributed by atoms with Gasteiger partial charge >= 0.3 is 6.97 Å². The summed E-state index contributed by atoms with van der Waals surface area (Å²) in [5.74, 6) is 6.53. The van der Waals surface area contributed by atoms with Crippen LogP contribution in [0.4, 0.5) is 8.63 Å². The number of allylic oxidation sites excluding steroid dienone is 2. The highest BCUT2D eigenvalue weighted by Gasteiger charge is 2.56. The molecule has 5 aromatic rings. The summed E-state index contributed by atoms with van der Waals surface area (Å²) in [6.07, 6.45) is 0. The molecule has 0 saturated carbocycles. The van der Waals surface area contributed by atoms with E-state index in [1.54, 1.807) is 32.0 Å². The number of nitrogens with zero attached hydrogens (tertiary/aromatic N) is 3. The van der Waals surface area contributed by atoms with Crippen molar-refractivity contribution in [1.82, 2.24) is 9.46 Å². The largest absolute Gasteiger partial charge is 0.737 e. The SMILES string of the molecule is CC1=C(C#Cc2ccc(O)c(-c3nc4ccccc4s3)c2)C(C)=[N+]2C1=C(c1ccccc1)c1c(C)cc(C)n1[B-]2(F)F. The third-order valence-electron chi connectivity index (χ3n) is 8.12. The maximum Gasteiger partial charge on any atom is 0.737 e. The summed E-state index contributed by atoms with van der Waals surface area (Å²) in [7, 11) is 0. The molecule has 2 aliphatic rings. The number of para-hydroxylation sites is 1. The van der Waals surface area contributed by atoms with E-state index in [9.17, 15) is 5.11 Å². The molecule has 2 aliphatic heterocycles. The Morgan fingerprint density at radius 1 is 0.905 bits per heavy atom. The molecule has 206 valence electrons.